The molecule has 2 rings (SSSR count). The number of benzene rings is 2. The molecule has 0 bridgehead atoms. The van der Waals surface area contributed by atoms with Gasteiger partial charge in [0.1, 0.15) is 0 Å². The molecule has 0 saturated carbocycles. The third kappa shape index (κ3) is 12.5. The summed E-state index contributed by atoms with van der Waals surface area (Å²) in [6, 6.07) is 20.3. The van der Waals surface area contributed by atoms with E-state index in [1.807, 2.05) is 57.2 Å². The molecule has 0 radical (unpaired) electrons. The third-order valence-electron chi connectivity index (χ3n) is 9.89. The second kappa shape index (κ2) is 16.9. The molecule has 256 valence electrons. The number of carbonyl (C=O) groups is 1. The molecule has 0 fully saturated rings. The molecular weight excluding hydrogens is 605 g/mol. The van der Waals surface area contributed by atoms with Crippen LogP contribution in [0.1, 0.15) is 79.9 Å². The summed E-state index contributed by atoms with van der Waals surface area (Å²) in [5.74, 6) is 5.84. The van der Waals surface area contributed by atoms with Gasteiger partial charge in [0.05, 0.1) is 43.4 Å². The summed E-state index contributed by atoms with van der Waals surface area (Å²) >= 11 is 0. The Morgan fingerprint density at radius 2 is 1.26 bits per heavy atom. The van der Waals surface area contributed by atoms with Gasteiger partial charge >= 0.3 is 0 Å². The number of Topliss-reactive ketones (excluding diaryl/α,β-unsaturated/α-hetero) is 1. The number of carbonyl (C=O) groups excluding carboxylic acids is 1. The van der Waals surface area contributed by atoms with E-state index in [4.69, 9.17) is 18.3 Å². The normalized spacial score (nSPS) is 15.1. The summed E-state index contributed by atoms with van der Waals surface area (Å²) in [7, 11) is -4.18. The Morgan fingerprint density at radius 3 is 1.76 bits per heavy atom. The highest BCUT2D eigenvalue weighted by molar-refractivity contribution is 6.74. The lowest BCUT2D eigenvalue weighted by Gasteiger charge is -2.40. The third-order valence-corrected chi connectivity index (χ3v) is 18.9. The standard InChI is InChI=1S/C39H62O5Si2/c1-31(35(44-46(12,13)38(5,6)7)25-27-41-28-32-20-16-14-17-21-32)34(40)24-26-39(8,9)36(30-43-45(10,11)37(2,3)4)42-29-33-22-18-15-19-23-33/h14-23,31,35-36H,25,27-30H2,1-13H3/t31-,35-,36?/m1/s1. The van der Waals surface area contributed by atoms with Crippen LogP contribution >= 0.6 is 0 Å². The molecule has 0 aliphatic rings. The van der Waals surface area contributed by atoms with Gasteiger partial charge in [0.25, 0.3) is 0 Å². The predicted molar refractivity (Wildman–Crippen MR) is 197 cm³/mol. The maximum atomic E-state index is 13.7. The first-order valence-corrected chi connectivity index (χ1v) is 22.6. The lowest BCUT2D eigenvalue weighted by molar-refractivity contribution is -0.120. The van der Waals surface area contributed by atoms with Crippen molar-refractivity contribution in [3.63, 3.8) is 0 Å². The Labute approximate surface area is 283 Å². The van der Waals surface area contributed by atoms with Crippen molar-refractivity contribution < 1.29 is 23.1 Å². The van der Waals surface area contributed by atoms with Crippen LogP contribution in [0.2, 0.25) is 36.3 Å². The van der Waals surface area contributed by atoms with E-state index in [-0.39, 0.29) is 28.1 Å². The molecule has 0 saturated heterocycles. The van der Waals surface area contributed by atoms with Crippen molar-refractivity contribution in [1.29, 1.82) is 0 Å². The SMILES string of the molecule is C[C@H](C(=O)C#CC(C)(C)C(CO[Si](C)(C)C(C)(C)C)OCc1ccccc1)[C@@H](CCOCc1ccccc1)O[Si](C)(C)C(C)(C)C. The van der Waals surface area contributed by atoms with Gasteiger partial charge in [0.15, 0.2) is 16.6 Å². The Kier molecular flexibility index (Phi) is 14.7. The molecule has 2 aromatic carbocycles. The van der Waals surface area contributed by atoms with Crippen LogP contribution in [0.5, 0.6) is 0 Å². The minimum atomic E-state index is -2.15. The van der Waals surface area contributed by atoms with Gasteiger partial charge in [-0.1, -0.05) is 115 Å². The molecule has 5 nitrogen and oxygen atoms in total. The fraction of sp³-hybridized carbons (Fsp3) is 0.615. The maximum absolute atomic E-state index is 13.7. The highest BCUT2D eigenvalue weighted by Crippen LogP contribution is 2.39. The number of ether oxygens (including phenoxy) is 2. The average Bonchev–Trinajstić information content (AvgIpc) is 2.96. The van der Waals surface area contributed by atoms with Crippen LogP contribution in [-0.4, -0.2) is 47.8 Å². The predicted octanol–water partition coefficient (Wildman–Crippen LogP) is 9.83. The van der Waals surface area contributed by atoms with Gasteiger partial charge in [-0.15, -0.1) is 0 Å². The van der Waals surface area contributed by atoms with Crippen LogP contribution in [0.25, 0.3) is 0 Å². The van der Waals surface area contributed by atoms with Crippen molar-refractivity contribution in [3.05, 3.63) is 71.8 Å². The van der Waals surface area contributed by atoms with Crippen LogP contribution in [0.3, 0.4) is 0 Å². The van der Waals surface area contributed by atoms with E-state index < -0.39 is 28.0 Å². The van der Waals surface area contributed by atoms with Gasteiger partial charge in [0, 0.05) is 6.61 Å². The van der Waals surface area contributed by atoms with E-state index in [9.17, 15) is 4.79 Å². The monoisotopic (exact) mass is 666 g/mol. The summed E-state index contributed by atoms with van der Waals surface area (Å²) < 4.78 is 26.0. The van der Waals surface area contributed by atoms with Crippen LogP contribution in [0.4, 0.5) is 0 Å². The van der Waals surface area contributed by atoms with E-state index in [0.717, 1.165) is 11.1 Å². The molecule has 0 spiro atoms. The number of rotatable bonds is 16. The van der Waals surface area contributed by atoms with Gasteiger partial charge in [-0.3, -0.25) is 4.79 Å². The van der Waals surface area contributed by atoms with Gasteiger partial charge in [-0.2, -0.15) is 0 Å². The molecular formula is C39H62O5Si2. The van der Waals surface area contributed by atoms with Gasteiger partial charge in [-0.25, -0.2) is 0 Å². The molecule has 0 aliphatic carbocycles. The molecule has 2 aromatic rings. The average molecular weight is 667 g/mol. The molecule has 1 unspecified atom stereocenters. The molecule has 0 heterocycles. The highest BCUT2D eigenvalue weighted by atomic mass is 28.4. The smallest absolute Gasteiger partial charge is 0.210 e. The van der Waals surface area contributed by atoms with Crippen molar-refractivity contribution in [2.75, 3.05) is 13.2 Å². The lowest BCUT2D eigenvalue weighted by Crippen LogP contribution is -2.47. The van der Waals surface area contributed by atoms with Crippen LogP contribution < -0.4 is 0 Å². The summed E-state index contributed by atoms with van der Waals surface area (Å²) in [5.41, 5.74) is 1.60. The highest BCUT2D eigenvalue weighted by Gasteiger charge is 2.42. The number of hydrogen-bond donors (Lipinski definition) is 0. The summed E-state index contributed by atoms with van der Waals surface area (Å²) in [4.78, 5) is 13.7. The van der Waals surface area contributed by atoms with Gasteiger partial charge in [-0.05, 0) is 73.6 Å². The molecule has 3 atom stereocenters. The molecule has 0 aliphatic heterocycles. The zero-order valence-electron chi connectivity index (χ0n) is 31.1. The largest absolute Gasteiger partial charge is 0.414 e. The van der Waals surface area contributed by atoms with E-state index in [1.165, 1.54) is 0 Å². The van der Waals surface area contributed by atoms with E-state index in [1.54, 1.807) is 0 Å². The fourth-order valence-electron chi connectivity index (χ4n) is 4.25. The minimum absolute atomic E-state index is 0.0139. The first-order chi connectivity index (χ1) is 21.2. The van der Waals surface area contributed by atoms with Gasteiger partial charge in [0.2, 0.25) is 5.78 Å². The van der Waals surface area contributed by atoms with Crippen LogP contribution in [-0.2, 0) is 36.3 Å². The Balaban J connectivity index is 2.25. The van der Waals surface area contributed by atoms with Crippen LogP contribution in [0.15, 0.2) is 60.7 Å². The lowest BCUT2D eigenvalue weighted by atomic mass is 9.86. The van der Waals surface area contributed by atoms with Gasteiger partial charge < -0.3 is 18.3 Å². The molecule has 46 heavy (non-hydrogen) atoms. The van der Waals surface area contributed by atoms with Crippen LogP contribution in [0, 0.1) is 23.2 Å². The topological polar surface area (TPSA) is 54.0 Å². The van der Waals surface area contributed by atoms with E-state index in [2.05, 4.69) is 104 Å². The first-order valence-electron chi connectivity index (χ1n) is 16.8. The Morgan fingerprint density at radius 1 is 0.761 bits per heavy atom. The molecule has 0 aromatic heterocycles. The number of ketones is 1. The minimum Gasteiger partial charge on any atom is -0.414 e. The quantitative estimate of drug-likeness (QED) is 0.0773. The summed E-state index contributed by atoms with van der Waals surface area (Å²) in [6.07, 6.45) is 0.0252. The Bertz CT molecular complexity index is 1260. The van der Waals surface area contributed by atoms with E-state index >= 15 is 0 Å². The van der Waals surface area contributed by atoms with Crippen molar-refractivity contribution in [2.24, 2.45) is 11.3 Å². The fourth-order valence-corrected chi connectivity index (χ4v) is 6.69. The first kappa shape index (κ1) is 40.1. The number of hydrogen-bond acceptors (Lipinski definition) is 5. The molecule has 7 heteroatoms. The zero-order chi connectivity index (χ0) is 34.8. The molecule has 0 amide bonds. The van der Waals surface area contributed by atoms with E-state index in [0.29, 0.717) is 32.8 Å². The maximum Gasteiger partial charge on any atom is 0.210 e. The summed E-state index contributed by atoms with van der Waals surface area (Å²) in [6.45, 7) is 30.3. The van der Waals surface area contributed by atoms with Crippen molar-refractivity contribution in [1.82, 2.24) is 0 Å². The second-order valence-electron chi connectivity index (χ2n) is 16.2. The van der Waals surface area contributed by atoms with Crippen molar-refractivity contribution >= 4 is 22.4 Å². The second-order valence-corrected chi connectivity index (χ2v) is 25.8. The zero-order valence-corrected chi connectivity index (χ0v) is 33.1. The molecule has 0 N–H and O–H groups in total. The van der Waals surface area contributed by atoms with Crippen molar-refractivity contribution in [3.8, 4) is 11.8 Å². The van der Waals surface area contributed by atoms with Crippen molar-refractivity contribution in [2.45, 2.75) is 130 Å². The Hall–Kier alpha value is -2.06. The summed E-state index contributed by atoms with van der Waals surface area (Å²) in [5, 5.41) is 0.0855.